The first kappa shape index (κ1) is 30.2. The normalized spacial score (nSPS) is 10.3. The summed E-state index contributed by atoms with van der Waals surface area (Å²) in [6, 6.07) is 22.4. The van der Waals surface area contributed by atoms with Crippen LogP contribution in [0.25, 0.3) is 11.1 Å². The molecule has 0 N–H and O–H groups in total. The van der Waals surface area contributed by atoms with E-state index in [1.807, 2.05) is 60.7 Å². The van der Waals surface area contributed by atoms with E-state index in [1.54, 1.807) is 19.1 Å². The van der Waals surface area contributed by atoms with E-state index in [4.69, 9.17) is 14.2 Å². The van der Waals surface area contributed by atoms with Gasteiger partial charge in [0.05, 0.1) is 26.1 Å². The van der Waals surface area contributed by atoms with Crippen molar-refractivity contribution in [1.82, 2.24) is 0 Å². The molecular formula is C32H32O7S. The van der Waals surface area contributed by atoms with Crippen LogP contribution in [-0.4, -0.2) is 36.9 Å². The molecule has 3 aromatic carbocycles. The van der Waals surface area contributed by atoms with Crippen LogP contribution in [0.2, 0.25) is 0 Å². The van der Waals surface area contributed by atoms with Crippen molar-refractivity contribution in [1.29, 1.82) is 0 Å². The number of benzene rings is 3. The van der Waals surface area contributed by atoms with Crippen molar-refractivity contribution >= 4 is 28.8 Å². The van der Waals surface area contributed by atoms with Gasteiger partial charge in [0.25, 0.3) is 0 Å². The second-order valence-electron chi connectivity index (χ2n) is 8.69. The fraction of sp³-hybridized carbons (Fsp3) is 0.219. The van der Waals surface area contributed by atoms with Crippen molar-refractivity contribution in [2.24, 2.45) is 0 Å². The third kappa shape index (κ3) is 10.1. The Labute approximate surface area is 238 Å². The predicted octanol–water partition coefficient (Wildman–Crippen LogP) is 7.02. The van der Waals surface area contributed by atoms with Gasteiger partial charge in [-0.05, 0) is 84.8 Å². The average Bonchev–Trinajstić information content (AvgIpc) is 2.96. The molecule has 0 radical (unpaired) electrons. The zero-order chi connectivity index (χ0) is 28.7. The molecular weight excluding hydrogens is 528 g/mol. The molecule has 8 heteroatoms. The molecule has 40 heavy (non-hydrogen) atoms. The molecule has 3 aromatic rings. The van der Waals surface area contributed by atoms with Crippen molar-refractivity contribution in [2.45, 2.75) is 31.1 Å². The third-order valence-electron chi connectivity index (χ3n) is 5.49. The van der Waals surface area contributed by atoms with Crippen LogP contribution in [-0.2, 0) is 19.1 Å². The van der Waals surface area contributed by atoms with Gasteiger partial charge in [-0.2, -0.15) is 0 Å². The van der Waals surface area contributed by atoms with E-state index in [1.165, 1.54) is 0 Å². The van der Waals surface area contributed by atoms with E-state index in [0.717, 1.165) is 39.8 Å². The number of carbonyl (C=O) groups excluding carboxylic acids is 3. The summed E-state index contributed by atoms with van der Waals surface area (Å²) < 4.78 is 21.0. The lowest BCUT2D eigenvalue weighted by atomic mass is 10.0. The number of carbonyl (C=O) groups is 3. The molecule has 0 aliphatic rings. The summed E-state index contributed by atoms with van der Waals surface area (Å²) in [5, 5.41) is -0.0568. The molecule has 0 spiro atoms. The van der Waals surface area contributed by atoms with Gasteiger partial charge in [-0.25, -0.2) is 4.79 Å². The zero-order valence-electron chi connectivity index (χ0n) is 22.4. The Bertz CT molecular complexity index is 1300. The van der Waals surface area contributed by atoms with Gasteiger partial charge in [0.1, 0.15) is 11.5 Å². The van der Waals surface area contributed by atoms with Crippen LogP contribution in [0.15, 0.2) is 103 Å². The van der Waals surface area contributed by atoms with Crippen LogP contribution in [0.1, 0.15) is 36.5 Å². The van der Waals surface area contributed by atoms with Gasteiger partial charge in [0.15, 0.2) is 0 Å². The van der Waals surface area contributed by atoms with Crippen LogP contribution in [0.4, 0.5) is 0 Å². The molecule has 0 aliphatic carbocycles. The quantitative estimate of drug-likeness (QED) is 0.0644. The standard InChI is InChI=1S/C32H32O7S/c1-4-36-30(33)7-5-20-37-28-16-18-29(19-17-28)40-32(35)26-10-8-24(9-11-26)25-12-14-27(15-13-25)38-21-6-22-39-31(34)23(2)3/h4,8-19H,1-2,5-7,20-22H2,3H3. The van der Waals surface area contributed by atoms with E-state index >= 15 is 0 Å². The first-order chi connectivity index (χ1) is 19.4. The molecule has 3 rings (SSSR count). The first-order valence-corrected chi connectivity index (χ1v) is 13.6. The van der Waals surface area contributed by atoms with Gasteiger partial charge in [0.2, 0.25) is 5.12 Å². The molecule has 0 aliphatic heterocycles. The number of esters is 2. The minimum absolute atomic E-state index is 0.0568. The largest absolute Gasteiger partial charge is 0.494 e. The van der Waals surface area contributed by atoms with Gasteiger partial charge in [0, 0.05) is 28.9 Å². The van der Waals surface area contributed by atoms with E-state index in [2.05, 4.69) is 17.9 Å². The topological polar surface area (TPSA) is 88.1 Å². The van der Waals surface area contributed by atoms with Crippen LogP contribution in [0.3, 0.4) is 0 Å². The summed E-state index contributed by atoms with van der Waals surface area (Å²) in [5.74, 6) is 0.657. The highest BCUT2D eigenvalue weighted by atomic mass is 32.2. The molecule has 0 saturated carbocycles. The molecule has 208 valence electrons. The van der Waals surface area contributed by atoms with Gasteiger partial charge < -0.3 is 18.9 Å². The molecule has 0 bridgehead atoms. The average molecular weight is 561 g/mol. The van der Waals surface area contributed by atoms with Crippen LogP contribution >= 0.6 is 11.8 Å². The number of hydrogen-bond donors (Lipinski definition) is 0. The summed E-state index contributed by atoms with van der Waals surface area (Å²) in [4.78, 5) is 36.2. The van der Waals surface area contributed by atoms with Gasteiger partial charge in [-0.3, -0.25) is 9.59 Å². The Morgan fingerprint density at radius 1 is 0.775 bits per heavy atom. The summed E-state index contributed by atoms with van der Waals surface area (Å²) in [5.41, 5.74) is 2.97. The lowest BCUT2D eigenvalue weighted by Crippen LogP contribution is -2.09. The Balaban J connectivity index is 1.43. The van der Waals surface area contributed by atoms with Gasteiger partial charge >= 0.3 is 11.9 Å². The third-order valence-corrected chi connectivity index (χ3v) is 6.42. The maximum absolute atomic E-state index is 12.8. The van der Waals surface area contributed by atoms with Crippen molar-refractivity contribution in [3.8, 4) is 22.6 Å². The SMILES string of the molecule is C=COC(=O)CCCOc1ccc(SC(=O)c2ccc(-c3ccc(OCCCOC(=O)C(=C)C)cc3)cc2)cc1. The Hall–Kier alpha value is -4.30. The minimum atomic E-state index is -0.394. The number of rotatable bonds is 15. The van der Waals surface area contributed by atoms with E-state index in [-0.39, 0.29) is 24.1 Å². The summed E-state index contributed by atoms with van der Waals surface area (Å²) in [6.45, 7) is 9.60. The molecule has 0 unspecified atom stereocenters. The zero-order valence-corrected chi connectivity index (χ0v) is 23.2. The van der Waals surface area contributed by atoms with Crippen LogP contribution in [0.5, 0.6) is 11.5 Å². The second kappa shape index (κ2) is 16.0. The van der Waals surface area contributed by atoms with E-state index in [0.29, 0.717) is 42.9 Å². The van der Waals surface area contributed by atoms with Crippen molar-refractivity contribution in [3.63, 3.8) is 0 Å². The summed E-state index contributed by atoms with van der Waals surface area (Å²) in [7, 11) is 0. The van der Waals surface area contributed by atoms with Crippen LogP contribution in [0, 0.1) is 0 Å². The second-order valence-corrected chi connectivity index (χ2v) is 9.74. The molecule has 0 aromatic heterocycles. The fourth-order valence-electron chi connectivity index (χ4n) is 3.41. The smallest absolute Gasteiger partial charge is 0.333 e. The van der Waals surface area contributed by atoms with Gasteiger partial charge in [-0.1, -0.05) is 37.4 Å². The predicted molar refractivity (Wildman–Crippen MR) is 155 cm³/mol. The van der Waals surface area contributed by atoms with E-state index in [9.17, 15) is 14.4 Å². The number of thioether (sulfide) groups is 1. The molecule has 7 nitrogen and oxygen atoms in total. The Kier molecular flexibility index (Phi) is 12.1. The highest BCUT2D eigenvalue weighted by Crippen LogP contribution is 2.27. The summed E-state index contributed by atoms with van der Waals surface area (Å²) >= 11 is 1.15. The molecule has 0 fully saturated rings. The lowest BCUT2D eigenvalue weighted by molar-refractivity contribution is -0.139. The number of ether oxygens (including phenoxy) is 4. The van der Waals surface area contributed by atoms with Gasteiger partial charge in [-0.15, -0.1) is 0 Å². The molecule has 0 heterocycles. The lowest BCUT2D eigenvalue weighted by Gasteiger charge is -2.09. The van der Waals surface area contributed by atoms with E-state index < -0.39 is 5.97 Å². The van der Waals surface area contributed by atoms with Crippen molar-refractivity contribution in [2.75, 3.05) is 19.8 Å². The Morgan fingerprint density at radius 3 is 1.90 bits per heavy atom. The Morgan fingerprint density at radius 2 is 1.32 bits per heavy atom. The maximum atomic E-state index is 12.8. The summed E-state index contributed by atoms with van der Waals surface area (Å²) in [6.07, 6.45) is 2.49. The van der Waals surface area contributed by atoms with Crippen molar-refractivity contribution in [3.05, 3.63) is 103 Å². The minimum Gasteiger partial charge on any atom is -0.494 e. The van der Waals surface area contributed by atoms with Crippen LogP contribution < -0.4 is 9.47 Å². The monoisotopic (exact) mass is 560 g/mol. The molecule has 0 amide bonds. The van der Waals surface area contributed by atoms with Crippen molar-refractivity contribution < 1.29 is 33.3 Å². The molecule has 0 saturated heterocycles. The fourth-order valence-corrected chi connectivity index (χ4v) is 4.15. The number of hydrogen-bond acceptors (Lipinski definition) is 8. The molecule has 0 atom stereocenters. The highest BCUT2D eigenvalue weighted by Gasteiger charge is 2.10. The maximum Gasteiger partial charge on any atom is 0.333 e. The first-order valence-electron chi connectivity index (χ1n) is 12.8. The highest BCUT2D eigenvalue weighted by molar-refractivity contribution is 8.14.